The zero-order valence-electron chi connectivity index (χ0n) is 29.9. The number of aromatic hydroxyl groups is 1. The molecule has 2 N–H and O–H groups in total. The van der Waals surface area contributed by atoms with E-state index >= 15 is 0 Å². The van der Waals surface area contributed by atoms with Crippen molar-refractivity contribution in [2.24, 2.45) is 5.92 Å². The molecule has 0 aromatic heterocycles. The highest BCUT2D eigenvalue weighted by Crippen LogP contribution is 2.54. The molecule has 3 aromatic carbocycles. The van der Waals surface area contributed by atoms with E-state index in [1.807, 2.05) is 69.3 Å². The van der Waals surface area contributed by atoms with Crippen LogP contribution in [-0.2, 0) is 15.1 Å². The van der Waals surface area contributed by atoms with Crippen molar-refractivity contribution >= 4 is 0 Å². The zero-order chi connectivity index (χ0) is 34.6. The molecule has 268 valence electrons. The highest BCUT2D eigenvalue weighted by Gasteiger charge is 2.47. The third-order valence-corrected chi connectivity index (χ3v) is 9.79. The molecule has 3 aromatic rings. The lowest BCUT2D eigenvalue weighted by molar-refractivity contribution is -0.105. The molecule has 4 aliphatic rings. The third kappa shape index (κ3) is 9.91. The lowest BCUT2D eigenvalue weighted by Crippen LogP contribution is -2.40. The molecule has 7 rings (SSSR count). The first-order chi connectivity index (χ1) is 23.9. The highest BCUT2D eigenvalue weighted by molar-refractivity contribution is 5.49. The Morgan fingerprint density at radius 3 is 2.14 bits per heavy atom. The normalized spacial score (nSPS) is 26.6. The van der Waals surface area contributed by atoms with Crippen molar-refractivity contribution in [3.05, 3.63) is 83.4 Å². The van der Waals surface area contributed by atoms with E-state index in [-0.39, 0.29) is 12.0 Å². The van der Waals surface area contributed by atoms with Crippen LogP contribution in [0.1, 0.15) is 101 Å². The van der Waals surface area contributed by atoms with Crippen LogP contribution in [0.2, 0.25) is 0 Å². The predicted octanol–water partition coefficient (Wildman–Crippen LogP) is 8.36. The van der Waals surface area contributed by atoms with E-state index in [1.54, 1.807) is 18.2 Å². The molecule has 3 fully saturated rings. The Bertz CT molecular complexity index is 1390. The fourth-order valence-corrected chi connectivity index (χ4v) is 7.13. The second-order valence-corrected chi connectivity index (χ2v) is 13.6. The molecule has 4 aliphatic heterocycles. The highest BCUT2D eigenvalue weighted by atomic mass is 16.7. The topological polar surface area (TPSA) is 89.9 Å². The Labute approximate surface area is 293 Å². The van der Waals surface area contributed by atoms with E-state index in [1.165, 1.54) is 25.7 Å². The second-order valence-electron chi connectivity index (χ2n) is 13.6. The molecule has 0 amide bonds. The summed E-state index contributed by atoms with van der Waals surface area (Å²) in [5.74, 6) is 2.47. The van der Waals surface area contributed by atoms with Gasteiger partial charge in [-0.3, -0.25) is 4.90 Å². The summed E-state index contributed by atoms with van der Waals surface area (Å²) in [5, 5.41) is 22.2. The van der Waals surface area contributed by atoms with E-state index < -0.39 is 17.6 Å². The van der Waals surface area contributed by atoms with Crippen LogP contribution < -0.4 is 14.2 Å². The smallest absolute Gasteiger partial charge is 0.199 e. The first-order valence-corrected chi connectivity index (χ1v) is 18.5. The number of phenols is 1. The summed E-state index contributed by atoms with van der Waals surface area (Å²) in [6.07, 6.45) is 7.53. The number of likely N-dealkylation sites (tertiary alicyclic amines) is 1. The molecule has 4 heterocycles. The predicted molar refractivity (Wildman–Crippen MR) is 193 cm³/mol. The van der Waals surface area contributed by atoms with Gasteiger partial charge in [-0.15, -0.1) is 0 Å². The monoisotopic (exact) mass is 675 g/mol. The standard InChI is InChI=1S/C34H41NO6.C5H10O.C2H6/c1-23-16-17-35(22-23)18-20-38-27-11-8-25(9-12-27)33-32(34(2,37)29-15-10-26(36)21-30(29)41-33)24-6-13-28(14-7-24)40-31-5-3-4-19-39-31;1-2-4-6-5-3-1;1-2/h6-15,21,23,31-33,36-37H,3-5,16-20,22H2,1-2H3;1-5H2;1-2H3. The molecular formula is C41H57NO7. The largest absolute Gasteiger partial charge is 0.508 e. The number of hydrogen-bond acceptors (Lipinski definition) is 8. The second kappa shape index (κ2) is 18.1. The van der Waals surface area contributed by atoms with Crippen molar-refractivity contribution in [2.75, 3.05) is 46.1 Å². The van der Waals surface area contributed by atoms with Gasteiger partial charge in [0.25, 0.3) is 0 Å². The van der Waals surface area contributed by atoms with Crippen molar-refractivity contribution < 1.29 is 33.9 Å². The molecule has 5 atom stereocenters. The Balaban J connectivity index is 0.000000522. The Morgan fingerprint density at radius 1 is 0.837 bits per heavy atom. The summed E-state index contributed by atoms with van der Waals surface area (Å²) in [6, 6.07) is 20.7. The van der Waals surface area contributed by atoms with E-state index in [0.717, 1.165) is 87.3 Å². The van der Waals surface area contributed by atoms with Gasteiger partial charge in [0.15, 0.2) is 6.29 Å². The Kier molecular flexibility index (Phi) is 13.6. The molecule has 0 aliphatic carbocycles. The van der Waals surface area contributed by atoms with Gasteiger partial charge in [-0.2, -0.15) is 0 Å². The molecule has 8 nitrogen and oxygen atoms in total. The van der Waals surface area contributed by atoms with Gasteiger partial charge in [-0.1, -0.05) is 45.0 Å². The van der Waals surface area contributed by atoms with Gasteiger partial charge in [0, 0.05) is 44.4 Å². The molecule has 49 heavy (non-hydrogen) atoms. The Hall–Kier alpha value is -3.30. The molecule has 0 saturated carbocycles. The molecule has 0 spiro atoms. The van der Waals surface area contributed by atoms with Gasteiger partial charge in [0.2, 0.25) is 0 Å². The first-order valence-electron chi connectivity index (χ1n) is 18.5. The third-order valence-electron chi connectivity index (χ3n) is 9.79. The fraction of sp³-hybridized carbons (Fsp3) is 0.561. The molecule has 3 saturated heterocycles. The number of ether oxygens (including phenoxy) is 5. The van der Waals surface area contributed by atoms with Gasteiger partial charge in [0.05, 0.1) is 12.5 Å². The van der Waals surface area contributed by atoms with Gasteiger partial charge >= 0.3 is 0 Å². The lowest BCUT2D eigenvalue weighted by Gasteiger charge is -2.44. The van der Waals surface area contributed by atoms with Crippen LogP contribution in [0, 0.1) is 5.92 Å². The van der Waals surface area contributed by atoms with Crippen LogP contribution in [0.25, 0.3) is 0 Å². The molecule has 0 radical (unpaired) electrons. The van der Waals surface area contributed by atoms with Crippen molar-refractivity contribution in [3.8, 4) is 23.0 Å². The summed E-state index contributed by atoms with van der Waals surface area (Å²) in [5.41, 5.74) is 1.23. The SMILES string of the molecule is C1CCOCC1.CC.CC1CCN(CCOc2ccc(C3Oc4cc(O)ccc4C(C)(O)C3c3ccc(OC4CCCCO4)cc3)cc2)C1. The summed E-state index contributed by atoms with van der Waals surface area (Å²) in [6.45, 7) is 14.7. The van der Waals surface area contributed by atoms with Gasteiger partial charge < -0.3 is 33.9 Å². The number of aliphatic hydroxyl groups is 1. The van der Waals surface area contributed by atoms with Crippen LogP contribution in [0.4, 0.5) is 0 Å². The first kappa shape index (κ1) is 37.0. The average Bonchev–Trinajstić information content (AvgIpc) is 3.55. The van der Waals surface area contributed by atoms with Crippen molar-refractivity contribution in [2.45, 2.75) is 96.6 Å². The maximum Gasteiger partial charge on any atom is 0.199 e. The quantitative estimate of drug-likeness (QED) is 0.246. The summed E-state index contributed by atoms with van der Waals surface area (Å²) < 4.78 is 29.4. The van der Waals surface area contributed by atoms with Crippen molar-refractivity contribution in [1.29, 1.82) is 0 Å². The van der Waals surface area contributed by atoms with Crippen LogP contribution >= 0.6 is 0 Å². The minimum absolute atomic E-state index is 0.0966. The molecule has 8 heteroatoms. The van der Waals surface area contributed by atoms with E-state index in [9.17, 15) is 10.2 Å². The number of hydrogen-bond donors (Lipinski definition) is 2. The van der Waals surface area contributed by atoms with E-state index in [4.69, 9.17) is 23.7 Å². The van der Waals surface area contributed by atoms with Gasteiger partial charge in [-0.05, 0) is 105 Å². The minimum atomic E-state index is -1.26. The number of nitrogens with zero attached hydrogens (tertiary/aromatic N) is 1. The van der Waals surface area contributed by atoms with Crippen molar-refractivity contribution in [1.82, 2.24) is 4.90 Å². The number of phenolic OH excluding ortho intramolecular Hbond substituents is 1. The van der Waals surface area contributed by atoms with Crippen molar-refractivity contribution in [3.63, 3.8) is 0 Å². The average molecular weight is 676 g/mol. The Morgan fingerprint density at radius 2 is 1.53 bits per heavy atom. The molecular weight excluding hydrogens is 618 g/mol. The van der Waals surface area contributed by atoms with Crippen LogP contribution in [0.3, 0.4) is 0 Å². The van der Waals surface area contributed by atoms with Crippen LogP contribution in [-0.4, -0.2) is 67.5 Å². The number of benzene rings is 3. The van der Waals surface area contributed by atoms with Crippen LogP contribution in [0.15, 0.2) is 66.7 Å². The number of fused-ring (bicyclic) bond motifs is 1. The maximum absolute atomic E-state index is 12.0. The zero-order valence-corrected chi connectivity index (χ0v) is 29.9. The van der Waals surface area contributed by atoms with Crippen LogP contribution in [0.5, 0.6) is 23.0 Å². The summed E-state index contributed by atoms with van der Waals surface area (Å²) >= 11 is 0. The maximum atomic E-state index is 12.0. The van der Waals surface area contributed by atoms with Gasteiger partial charge in [-0.25, -0.2) is 0 Å². The fourth-order valence-electron chi connectivity index (χ4n) is 7.13. The number of rotatable bonds is 8. The van der Waals surface area contributed by atoms with E-state index in [2.05, 4.69) is 11.8 Å². The molecule has 0 bridgehead atoms. The van der Waals surface area contributed by atoms with Gasteiger partial charge in [0.1, 0.15) is 41.3 Å². The van der Waals surface area contributed by atoms with E-state index in [0.29, 0.717) is 17.9 Å². The summed E-state index contributed by atoms with van der Waals surface area (Å²) in [4.78, 5) is 2.45. The molecule has 5 unspecified atom stereocenters. The lowest BCUT2D eigenvalue weighted by atomic mass is 9.71. The minimum Gasteiger partial charge on any atom is -0.508 e. The summed E-state index contributed by atoms with van der Waals surface area (Å²) in [7, 11) is 0.